The topological polar surface area (TPSA) is 101 Å². The van der Waals surface area contributed by atoms with Crippen molar-refractivity contribution in [2.75, 3.05) is 10.0 Å². The molecule has 2 N–H and O–H groups in total. The molecule has 0 aliphatic rings. The number of hydrogen-bond acceptors (Lipinski definition) is 6. The van der Waals surface area contributed by atoms with Gasteiger partial charge in [-0.05, 0) is 18.2 Å². The minimum Gasteiger partial charge on any atom is -0.300 e. The Labute approximate surface area is 147 Å². The molecule has 2 rings (SSSR count). The van der Waals surface area contributed by atoms with Crippen LogP contribution < -0.4 is 10.0 Å². The molecule has 0 spiro atoms. The minimum atomic E-state index is -3.99. The minimum absolute atomic E-state index is 0.0984. The molecule has 1 aromatic carbocycles. The summed E-state index contributed by atoms with van der Waals surface area (Å²) in [5.74, 6) is -0.543. The average molecular weight is 395 g/mol. The fourth-order valence-corrected chi connectivity index (χ4v) is 3.75. The largest absolute Gasteiger partial charge is 0.300 e. The molecule has 1 heterocycles. The lowest BCUT2D eigenvalue weighted by atomic mass is 10.2. The zero-order valence-corrected chi connectivity index (χ0v) is 15.1. The summed E-state index contributed by atoms with van der Waals surface area (Å²) >= 11 is 12.5. The third-order valence-electron chi connectivity index (χ3n) is 2.56. The molecule has 0 saturated heterocycles. The molecule has 0 atom stereocenters. The SMILES string of the molecule is CC(C)C(=O)Nc1nnc(S(=O)(=O)Nc2cc(Cl)ccc2Cl)s1. The number of carbonyl (C=O) groups is 1. The molecule has 1 aromatic heterocycles. The van der Waals surface area contributed by atoms with Gasteiger partial charge in [-0.2, -0.15) is 8.42 Å². The predicted octanol–water partition coefficient (Wildman–Crippen LogP) is 3.24. The molecule has 2 aromatic rings. The van der Waals surface area contributed by atoms with Crippen LogP contribution in [0.1, 0.15) is 13.8 Å². The van der Waals surface area contributed by atoms with E-state index in [1.807, 2.05) is 0 Å². The van der Waals surface area contributed by atoms with Gasteiger partial charge in [-0.1, -0.05) is 48.4 Å². The van der Waals surface area contributed by atoms with E-state index in [9.17, 15) is 13.2 Å². The zero-order chi connectivity index (χ0) is 17.2. The molecule has 0 fully saturated rings. The third-order valence-corrected chi connectivity index (χ3v) is 5.70. The first-order valence-electron chi connectivity index (χ1n) is 6.31. The van der Waals surface area contributed by atoms with Crippen molar-refractivity contribution in [3.8, 4) is 0 Å². The molecule has 0 unspecified atom stereocenters. The number of halogens is 2. The van der Waals surface area contributed by atoms with Crippen LogP contribution in [0.25, 0.3) is 0 Å². The summed E-state index contributed by atoms with van der Waals surface area (Å²) in [6, 6.07) is 4.38. The number of sulfonamides is 1. The molecule has 7 nitrogen and oxygen atoms in total. The standard InChI is InChI=1S/C12H12Cl2N4O3S2/c1-6(2)10(19)15-11-16-17-12(22-11)23(20,21)18-9-5-7(13)3-4-8(9)14/h3-6,18H,1-2H3,(H,15,16,19). The summed E-state index contributed by atoms with van der Waals surface area (Å²) in [5.41, 5.74) is 0.127. The Kier molecular flexibility index (Phi) is 5.45. The number of aromatic nitrogens is 2. The van der Waals surface area contributed by atoms with Crippen LogP contribution >= 0.6 is 34.5 Å². The van der Waals surface area contributed by atoms with E-state index in [0.29, 0.717) is 5.02 Å². The van der Waals surface area contributed by atoms with E-state index >= 15 is 0 Å². The van der Waals surface area contributed by atoms with Gasteiger partial charge in [0.05, 0.1) is 10.7 Å². The van der Waals surface area contributed by atoms with Crippen molar-refractivity contribution < 1.29 is 13.2 Å². The number of amides is 1. The van der Waals surface area contributed by atoms with Crippen molar-refractivity contribution in [3.63, 3.8) is 0 Å². The van der Waals surface area contributed by atoms with E-state index in [1.54, 1.807) is 13.8 Å². The van der Waals surface area contributed by atoms with Crippen LogP contribution in [0, 0.1) is 5.92 Å². The second kappa shape index (κ2) is 7.00. The van der Waals surface area contributed by atoms with Crippen LogP contribution in [-0.4, -0.2) is 24.5 Å². The van der Waals surface area contributed by atoms with Gasteiger partial charge >= 0.3 is 0 Å². The normalized spacial score (nSPS) is 11.5. The Bertz CT molecular complexity index is 837. The Morgan fingerprint density at radius 1 is 1.26 bits per heavy atom. The van der Waals surface area contributed by atoms with E-state index in [2.05, 4.69) is 20.2 Å². The maximum Gasteiger partial charge on any atom is 0.291 e. The smallest absolute Gasteiger partial charge is 0.291 e. The van der Waals surface area contributed by atoms with Crippen molar-refractivity contribution in [3.05, 3.63) is 28.2 Å². The van der Waals surface area contributed by atoms with Gasteiger partial charge in [0.25, 0.3) is 14.4 Å². The highest BCUT2D eigenvalue weighted by atomic mass is 35.5. The van der Waals surface area contributed by atoms with Crippen LogP contribution in [0.4, 0.5) is 10.8 Å². The Morgan fingerprint density at radius 3 is 2.61 bits per heavy atom. The number of hydrogen-bond donors (Lipinski definition) is 2. The second-order valence-corrected chi connectivity index (χ2v) is 8.42. The second-order valence-electron chi connectivity index (χ2n) is 4.75. The van der Waals surface area contributed by atoms with Gasteiger partial charge < -0.3 is 5.32 Å². The Balaban J connectivity index is 2.22. The monoisotopic (exact) mass is 394 g/mol. The van der Waals surface area contributed by atoms with Crippen molar-refractivity contribution in [2.45, 2.75) is 18.2 Å². The quantitative estimate of drug-likeness (QED) is 0.757. The number of benzene rings is 1. The van der Waals surface area contributed by atoms with E-state index in [1.165, 1.54) is 18.2 Å². The van der Waals surface area contributed by atoms with Crippen LogP contribution in [0.2, 0.25) is 10.0 Å². The van der Waals surface area contributed by atoms with Gasteiger partial charge in [-0.25, -0.2) is 0 Å². The lowest BCUT2D eigenvalue weighted by Gasteiger charge is -2.07. The zero-order valence-electron chi connectivity index (χ0n) is 12.0. The van der Waals surface area contributed by atoms with Gasteiger partial charge in [0.1, 0.15) is 0 Å². The summed E-state index contributed by atoms with van der Waals surface area (Å²) in [7, 11) is -3.99. The van der Waals surface area contributed by atoms with Crippen LogP contribution in [0.5, 0.6) is 0 Å². The predicted molar refractivity (Wildman–Crippen MR) is 90.6 cm³/mol. The van der Waals surface area contributed by atoms with E-state index in [-0.39, 0.29) is 32.0 Å². The fourth-order valence-electron chi connectivity index (χ4n) is 1.38. The first-order chi connectivity index (χ1) is 10.7. The highest BCUT2D eigenvalue weighted by Gasteiger charge is 2.22. The van der Waals surface area contributed by atoms with E-state index in [0.717, 1.165) is 11.3 Å². The maximum atomic E-state index is 12.3. The highest BCUT2D eigenvalue weighted by molar-refractivity contribution is 7.94. The molecular weight excluding hydrogens is 383 g/mol. The van der Waals surface area contributed by atoms with Crippen molar-refractivity contribution >= 4 is 61.3 Å². The van der Waals surface area contributed by atoms with E-state index < -0.39 is 10.0 Å². The lowest BCUT2D eigenvalue weighted by molar-refractivity contribution is -0.118. The van der Waals surface area contributed by atoms with Crippen LogP contribution in [0.15, 0.2) is 22.5 Å². The molecule has 23 heavy (non-hydrogen) atoms. The Morgan fingerprint density at radius 2 is 1.96 bits per heavy atom. The molecule has 124 valence electrons. The first-order valence-corrected chi connectivity index (χ1v) is 9.37. The van der Waals surface area contributed by atoms with Gasteiger partial charge in [0.15, 0.2) is 0 Å². The van der Waals surface area contributed by atoms with Gasteiger partial charge in [0, 0.05) is 10.9 Å². The van der Waals surface area contributed by atoms with Gasteiger partial charge in [-0.3, -0.25) is 9.52 Å². The average Bonchev–Trinajstić information content (AvgIpc) is 2.92. The summed E-state index contributed by atoms with van der Waals surface area (Å²) in [6.07, 6.45) is 0. The van der Waals surface area contributed by atoms with Crippen molar-refractivity contribution in [1.29, 1.82) is 0 Å². The number of rotatable bonds is 5. The number of nitrogens with zero attached hydrogens (tertiary/aromatic N) is 2. The fraction of sp³-hybridized carbons (Fsp3) is 0.250. The summed E-state index contributed by atoms with van der Waals surface area (Å²) in [6.45, 7) is 3.41. The van der Waals surface area contributed by atoms with Crippen LogP contribution in [0.3, 0.4) is 0 Å². The van der Waals surface area contributed by atoms with Crippen molar-refractivity contribution in [2.24, 2.45) is 5.92 Å². The van der Waals surface area contributed by atoms with Crippen LogP contribution in [-0.2, 0) is 14.8 Å². The third kappa shape index (κ3) is 4.54. The lowest BCUT2D eigenvalue weighted by Crippen LogP contribution is -2.17. The summed E-state index contributed by atoms with van der Waals surface area (Å²) in [5, 5.41) is 10.3. The number of anilines is 2. The molecule has 0 aliphatic heterocycles. The molecule has 11 heteroatoms. The van der Waals surface area contributed by atoms with Gasteiger partial charge in [0.2, 0.25) is 11.0 Å². The molecular formula is C12H12Cl2N4O3S2. The van der Waals surface area contributed by atoms with Crippen molar-refractivity contribution in [1.82, 2.24) is 10.2 Å². The molecule has 1 amide bonds. The number of carbonyl (C=O) groups excluding carboxylic acids is 1. The first kappa shape index (κ1) is 17.9. The highest BCUT2D eigenvalue weighted by Crippen LogP contribution is 2.29. The van der Waals surface area contributed by atoms with E-state index in [4.69, 9.17) is 23.2 Å². The number of nitrogens with one attached hydrogen (secondary N) is 2. The van der Waals surface area contributed by atoms with Gasteiger partial charge in [-0.15, -0.1) is 10.2 Å². The Hall–Kier alpha value is -1.42. The summed E-state index contributed by atoms with van der Waals surface area (Å²) < 4.78 is 26.5. The molecule has 0 radical (unpaired) electrons. The maximum absolute atomic E-state index is 12.3. The molecule has 0 bridgehead atoms. The summed E-state index contributed by atoms with van der Waals surface area (Å²) in [4.78, 5) is 11.6. The molecule has 0 aliphatic carbocycles. The molecule has 0 saturated carbocycles.